The van der Waals surface area contributed by atoms with Crippen molar-refractivity contribution in [3.05, 3.63) is 22.4 Å². The summed E-state index contributed by atoms with van der Waals surface area (Å²) in [5.74, 6) is -1.29. The first-order valence-corrected chi connectivity index (χ1v) is 7.58. The summed E-state index contributed by atoms with van der Waals surface area (Å²) < 4.78 is 0. The molecule has 0 spiro atoms. The van der Waals surface area contributed by atoms with Crippen LogP contribution in [0.3, 0.4) is 0 Å². The molecule has 0 saturated heterocycles. The molecule has 0 aromatic carbocycles. The summed E-state index contributed by atoms with van der Waals surface area (Å²) in [4.78, 5) is 34.1. The van der Waals surface area contributed by atoms with Crippen LogP contribution in [-0.2, 0) is 9.59 Å². The van der Waals surface area contributed by atoms with Gasteiger partial charge in [-0.2, -0.15) is 11.3 Å². The first-order chi connectivity index (χ1) is 9.83. The number of carbonyl (C=O) groups excluding carboxylic acids is 2. The number of carbonyl (C=O) groups is 3. The number of carboxylic acids is 1. The van der Waals surface area contributed by atoms with Crippen LogP contribution in [0.2, 0.25) is 0 Å². The third-order valence-corrected chi connectivity index (χ3v) is 3.76. The molecule has 0 aliphatic heterocycles. The Morgan fingerprint density at radius 3 is 2.52 bits per heavy atom. The topological polar surface area (TPSA) is 95.5 Å². The smallest absolute Gasteiger partial charge is 0.309 e. The van der Waals surface area contributed by atoms with E-state index in [9.17, 15) is 14.4 Å². The Balaban J connectivity index is 2.17. The fourth-order valence-corrected chi connectivity index (χ4v) is 2.13. The van der Waals surface area contributed by atoms with Crippen LogP contribution in [0, 0.1) is 5.41 Å². The van der Waals surface area contributed by atoms with Crippen LogP contribution in [0.25, 0.3) is 0 Å². The minimum atomic E-state index is -0.889. The maximum absolute atomic E-state index is 11.6. The Hall–Kier alpha value is -1.89. The average Bonchev–Trinajstić information content (AvgIpc) is 2.92. The van der Waals surface area contributed by atoms with Gasteiger partial charge in [0.15, 0.2) is 0 Å². The molecule has 0 saturated carbocycles. The van der Waals surface area contributed by atoms with E-state index in [1.807, 2.05) is 5.38 Å². The van der Waals surface area contributed by atoms with Crippen LogP contribution in [0.15, 0.2) is 16.8 Å². The highest BCUT2D eigenvalue weighted by Crippen LogP contribution is 2.19. The van der Waals surface area contributed by atoms with Gasteiger partial charge < -0.3 is 15.7 Å². The maximum Gasteiger partial charge on any atom is 0.309 e. The van der Waals surface area contributed by atoms with Crippen molar-refractivity contribution in [2.75, 3.05) is 13.1 Å². The van der Waals surface area contributed by atoms with E-state index in [4.69, 9.17) is 5.11 Å². The Kier molecular flexibility index (Phi) is 6.36. The fourth-order valence-electron chi connectivity index (χ4n) is 1.50. The molecule has 0 fully saturated rings. The van der Waals surface area contributed by atoms with E-state index in [1.54, 1.807) is 25.3 Å². The second kappa shape index (κ2) is 7.78. The van der Waals surface area contributed by atoms with Crippen molar-refractivity contribution >= 4 is 29.1 Å². The summed E-state index contributed by atoms with van der Waals surface area (Å²) in [7, 11) is 0. The lowest BCUT2D eigenvalue weighted by Gasteiger charge is -2.18. The molecule has 1 heterocycles. The quantitative estimate of drug-likeness (QED) is 0.677. The zero-order valence-corrected chi connectivity index (χ0v) is 13.0. The molecule has 116 valence electrons. The summed E-state index contributed by atoms with van der Waals surface area (Å²) >= 11 is 1.44. The molecule has 2 amide bonds. The van der Waals surface area contributed by atoms with Crippen LogP contribution >= 0.6 is 11.3 Å². The molecular formula is C14H20N2O4S. The zero-order valence-electron chi connectivity index (χ0n) is 12.1. The highest BCUT2D eigenvalue weighted by atomic mass is 32.1. The zero-order chi connectivity index (χ0) is 15.9. The summed E-state index contributed by atoms with van der Waals surface area (Å²) in [6, 6.07) is 1.72. The number of carboxylic acid groups (broad SMARTS) is 1. The van der Waals surface area contributed by atoms with Gasteiger partial charge in [-0.25, -0.2) is 0 Å². The summed E-state index contributed by atoms with van der Waals surface area (Å²) in [5, 5.41) is 17.8. The number of amides is 2. The maximum atomic E-state index is 11.6. The second-order valence-electron chi connectivity index (χ2n) is 5.31. The molecule has 0 radical (unpaired) electrons. The largest absolute Gasteiger partial charge is 0.481 e. The van der Waals surface area contributed by atoms with Gasteiger partial charge in [0, 0.05) is 30.5 Å². The Morgan fingerprint density at radius 1 is 1.24 bits per heavy atom. The average molecular weight is 312 g/mol. The molecule has 7 heteroatoms. The Morgan fingerprint density at radius 2 is 1.95 bits per heavy atom. The van der Waals surface area contributed by atoms with Crippen molar-refractivity contribution in [3.63, 3.8) is 0 Å². The summed E-state index contributed by atoms with van der Waals surface area (Å²) in [6.07, 6.45) is 0.527. The van der Waals surface area contributed by atoms with Crippen molar-refractivity contribution in [1.82, 2.24) is 10.6 Å². The van der Waals surface area contributed by atoms with Gasteiger partial charge in [0.25, 0.3) is 5.91 Å². The van der Waals surface area contributed by atoms with Gasteiger partial charge in [-0.3, -0.25) is 14.4 Å². The molecule has 1 aromatic rings. The Bertz CT molecular complexity index is 497. The van der Waals surface area contributed by atoms with E-state index >= 15 is 0 Å². The molecule has 21 heavy (non-hydrogen) atoms. The molecular weight excluding hydrogens is 292 g/mol. The van der Waals surface area contributed by atoms with Gasteiger partial charge in [-0.05, 0) is 31.7 Å². The third kappa shape index (κ3) is 5.95. The number of hydrogen-bond acceptors (Lipinski definition) is 4. The van der Waals surface area contributed by atoms with Crippen molar-refractivity contribution in [2.45, 2.75) is 26.7 Å². The fraction of sp³-hybridized carbons (Fsp3) is 0.500. The molecule has 0 bridgehead atoms. The van der Waals surface area contributed by atoms with Gasteiger partial charge >= 0.3 is 5.97 Å². The molecule has 0 atom stereocenters. The molecule has 0 aliphatic carbocycles. The molecule has 1 aromatic heterocycles. The van der Waals surface area contributed by atoms with E-state index in [1.165, 1.54) is 11.3 Å². The van der Waals surface area contributed by atoms with Crippen molar-refractivity contribution < 1.29 is 19.5 Å². The predicted molar refractivity (Wildman–Crippen MR) is 80.3 cm³/mol. The van der Waals surface area contributed by atoms with Crippen LogP contribution in [-0.4, -0.2) is 36.0 Å². The lowest BCUT2D eigenvalue weighted by Crippen LogP contribution is -2.34. The highest BCUT2D eigenvalue weighted by Gasteiger charge is 2.26. The molecule has 6 nitrogen and oxygen atoms in total. The van der Waals surface area contributed by atoms with E-state index in [2.05, 4.69) is 10.6 Å². The first-order valence-electron chi connectivity index (χ1n) is 6.63. The van der Waals surface area contributed by atoms with Crippen LogP contribution in [0.4, 0.5) is 0 Å². The van der Waals surface area contributed by atoms with Crippen molar-refractivity contribution in [3.8, 4) is 0 Å². The third-order valence-electron chi connectivity index (χ3n) is 3.07. The Labute approximate surface area is 127 Å². The van der Waals surface area contributed by atoms with Crippen molar-refractivity contribution in [1.29, 1.82) is 0 Å². The van der Waals surface area contributed by atoms with E-state index in [-0.39, 0.29) is 24.8 Å². The van der Waals surface area contributed by atoms with Gasteiger partial charge in [0.1, 0.15) is 0 Å². The van der Waals surface area contributed by atoms with Crippen LogP contribution < -0.4 is 10.6 Å². The highest BCUT2D eigenvalue weighted by molar-refractivity contribution is 7.08. The molecule has 0 unspecified atom stereocenters. The SMILES string of the molecule is CC(C)(CCNC(=O)CCNC(=O)c1ccsc1)C(=O)O. The molecule has 1 rings (SSSR count). The number of thiophene rings is 1. The number of hydrogen-bond donors (Lipinski definition) is 3. The van der Waals surface area contributed by atoms with Gasteiger partial charge in [0.2, 0.25) is 5.91 Å². The van der Waals surface area contributed by atoms with Crippen LogP contribution in [0.1, 0.15) is 37.0 Å². The standard InChI is InChI=1S/C14H20N2O4S/c1-14(2,13(19)20)5-7-15-11(17)3-6-16-12(18)10-4-8-21-9-10/h4,8-9H,3,5-7H2,1-2H3,(H,15,17)(H,16,18)(H,19,20). The second-order valence-corrected chi connectivity index (χ2v) is 6.09. The number of aliphatic carboxylic acids is 1. The van der Waals surface area contributed by atoms with E-state index in [0.717, 1.165) is 0 Å². The number of nitrogens with one attached hydrogen (secondary N) is 2. The van der Waals surface area contributed by atoms with Gasteiger partial charge in [0.05, 0.1) is 5.41 Å². The normalized spacial score (nSPS) is 11.0. The number of rotatable bonds is 8. The molecule has 0 aliphatic rings. The summed E-state index contributed by atoms with van der Waals surface area (Å²) in [5.41, 5.74) is -0.274. The van der Waals surface area contributed by atoms with Gasteiger partial charge in [-0.1, -0.05) is 0 Å². The predicted octanol–water partition coefficient (Wildman–Crippen LogP) is 1.49. The van der Waals surface area contributed by atoms with Crippen molar-refractivity contribution in [2.24, 2.45) is 5.41 Å². The molecule has 3 N–H and O–H groups in total. The monoisotopic (exact) mass is 312 g/mol. The first kappa shape index (κ1) is 17.2. The van der Waals surface area contributed by atoms with E-state index < -0.39 is 11.4 Å². The minimum absolute atomic E-state index is 0.170. The lowest BCUT2D eigenvalue weighted by atomic mass is 9.90. The minimum Gasteiger partial charge on any atom is -0.481 e. The lowest BCUT2D eigenvalue weighted by molar-refractivity contribution is -0.147. The van der Waals surface area contributed by atoms with E-state index in [0.29, 0.717) is 18.5 Å². The van der Waals surface area contributed by atoms with Gasteiger partial charge in [-0.15, -0.1) is 0 Å². The summed E-state index contributed by atoms with van der Waals surface area (Å²) in [6.45, 7) is 3.78. The van der Waals surface area contributed by atoms with Crippen LogP contribution in [0.5, 0.6) is 0 Å².